The number of nitrogens with one attached hydrogen (secondary N) is 2. The third kappa shape index (κ3) is 4.20. The molecule has 6 heteroatoms. The lowest BCUT2D eigenvalue weighted by Crippen LogP contribution is -2.45. The standard InChI is InChI=1S/C19H25N3O3/c1-25-11-5-9-20-18(23)15-7-4-10-22(13-15)19(24)17-12-14-6-2-3-8-16(14)21-17/h2-3,6,8,12,15,21H,4-5,7,9-11,13H2,1H3,(H,20,23)/t15-/m0/s1. The number of para-hydroxylation sites is 1. The molecule has 25 heavy (non-hydrogen) atoms. The summed E-state index contributed by atoms with van der Waals surface area (Å²) in [5.74, 6) is -0.136. The lowest BCUT2D eigenvalue weighted by atomic mass is 9.97. The van der Waals surface area contributed by atoms with E-state index in [0.29, 0.717) is 31.9 Å². The summed E-state index contributed by atoms with van der Waals surface area (Å²) < 4.78 is 4.98. The number of likely N-dealkylation sites (tertiary alicyclic amines) is 1. The Kier molecular flexibility index (Phi) is 5.71. The number of aromatic nitrogens is 1. The van der Waals surface area contributed by atoms with Crippen molar-refractivity contribution in [1.82, 2.24) is 15.2 Å². The van der Waals surface area contributed by atoms with Gasteiger partial charge in [0.05, 0.1) is 5.92 Å². The van der Waals surface area contributed by atoms with Crippen molar-refractivity contribution in [1.29, 1.82) is 0 Å². The largest absolute Gasteiger partial charge is 0.385 e. The van der Waals surface area contributed by atoms with Crippen molar-refractivity contribution in [3.63, 3.8) is 0 Å². The van der Waals surface area contributed by atoms with Gasteiger partial charge in [-0.05, 0) is 31.4 Å². The SMILES string of the molecule is COCCCNC(=O)[C@H]1CCCN(C(=O)c2cc3ccccc3[nH]2)C1. The van der Waals surface area contributed by atoms with Gasteiger partial charge in [-0.1, -0.05) is 18.2 Å². The molecule has 0 aliphatic carbocycles. The molecule has 1 atom stereocenters. The van der Waals surface area contributed by atoms with Gasteiger partial charge in [0, 0.05) is 44.3 Å². The third-order valence-corrected chi connectivity index (χ3v) is 4.66. The van der Waals surface area contributed by atoms with E-state index in [1.165, 1.54) is 0 Å². The first-order valence-corrected chi connectivity index (χ1v) is 8.82. The van der Waals surface area contributed by atoms with Gasteiger partial charge in [0.2, 0.25) is 5.91 Å². The number of carbonyl (C=O) groups is 2. The molecule has 6 nitrogen and oxygen atoms in total. The molecule has 1 aliphatic rings. The minimum absolute atomic E-state index is 0.0326. The van der Waals surface area contributed by atoms with Gasteiger partial charge in [-0.2, -0.15) is 0 Å². The fourth-order valence-corrected chi connectivity index (χ4v) is 3.31. The highest BCUT2D eigenvalue weighted by Gasteiger charge is 2.29. The number of hydrogen-bond acceptors (Lipinski definition) is 3. The average Bonchev–Trinajstić information content (AvgIpc) is 3.08. The van der Waals surface area contributed by atoms with Gasteiger partial charge in [0.15, 0.2) is 0 Å². The van der Waals surface area contributed by atoms with Crippen LogP contribution in [0.25, 0.3) is 10.9 Å². The second kappa shape index (κ2) is 8.16. The molecule has 1 aliphatic heterocycles. The normalized spacial score (nSPS) is 17.6. The maximum atomic E-state index is 12.8. The Labute approximate surface area is 147 Å². The summed E-state index contributed by atoms with van der Waals surface area (Å²) in [6.07, 6.45) is 2.47. The highest BCUT2D eigenvalue weighted by atomic mass is 16.5. The second-order valence-electron chi connectivity index (χ2n) is 6.50. The highest BCUT2D eigenvalue weighted by Crippen LogP contribution is 2.21. The van der Waals surface area contributed by atoms with Gasteiger partial charge in [-0.3, -0.25) is 9.59 Å². The zero-order chi connectivity index (χ0) is 17.6. The van der Waals surface area contributed by atoms with E-state index in [1.54, 1.807) is 12.0 Å². The number of rotatable bonds is 6. The molecule has 0 spiro atoms. The molecule has 2 heterocycles. The van der Waals surface area contributed by atoms with Crippen molar-refractivity contribution in [3.05, 3.63) is 36.0 Å². The van der Waals surface area contributed by atoms with Crippen LogP contribution in [-0.4, -0.2) is 55.0 Å². The van der Waals surface area contributed by atoms with Gasteiger partial charge < -0.3 is 19.9 Å². The van der Waals surface area contributed by atoms with E-state index in [2.05, 4.69) is 10.3 Å². The lowest BCUT2D eigenvalue weighted by molar-refractivity contribution is -0.126. The quantitative estimate of drug-likeness (QED) is 0.790. The molecule has 1 aromatic carbocycles. The van der Waals surface area contributed by atoms with Crippen LogP contribution in [0.3, 0.4) is 0 Å². The maximum absolute atomic E-state index is 12.8. The Morgan fingerprint density at radius 3 is 3.00 bits per heavy atom. The van der Waals surface area contributed by atoms with Crippen LogP contribution in [0.1, 0.15) is 29.8 Å². The number of amides is 2. The van der Waals surface area contributed by atoms with Crippen molar-refractivity contribution in [2.24, 2.45) is 5.92 Å². The fourth-order valence-electron chi connectivity index (χ4n) is 3.31. The zero-order valence-electron chi connectivity index (χ0n) is 14.6. The van der Waals surface area contributed by atoms with Crippen LogP contribution < -0.4 is 5.32 Å². The third-order valence-electron chi connectivity index (χ3n) is 4.66. The molecule has 0 unspecified atom stereocenters. The predicted molar refractivity (Wildman–Crippen MR) is 96.4 cm³/mol. The van der Waals surface area contributed by atoms with E-state index < -0.39 is 0 Å². The summed E-state index contributed by atoms with van der Waals surface area (Å²) in [6.45, 7) is 2.42. The maximum Gasteiger partial charge on any atom is 0.270 e. The van der Waals surface area contributed by atoms with Gasteiger partial charge in [0.25, 0.3) is 5.91 Å². The number of aromatic amines is 1. The minimum Gasteiger partial charge on any atom is -0.385 e. The molecule has 134 valence electrons. The molecule has 0 radical (unpaired) electrons. The number of H-pyrrole nitrogens is 1. The molecule has 0 saturated carbocycles. The number of ether oxygens (including phenoxy) is 1. The summed E-state index contributed by atoms with van der Waals surface area (Å²) in [5.41, 5.74) is 1.54. The van der Waals surface area contributed by atoms with Crippen LogP contribution in [0.15, 0.2) is 30.3 Å². The first-order chi connectivity index (χ1) is 12.2. The van der Waals surface area contributed by atoms with Gasteiger partial charge in [0.1, 0.15) is 5.69 Å². The number of carbonyl (C=O) groups excluding carboxylic acids is 2. The van der Waals surface area contributed by atoms with E-state index in [9.17, 15) is 9.59 Å². The first-order valence-electron chi connectivity index (χ1n) is 8.82. The summed E-state index contributed by atoms with van der Waals surface area (Å²) in [6, 6.07) is 9.72. The van der Waals surface area contributed by atoms with Crippen LogP contribution in [0.4, 0.5) is 0 Å². The van der Waals surface area contributed by atoms with Gasteiger partial charge in [-0.25, -0.2) is 0 Å². The number of piperidine rings is 1. The Morgan fingerprint density at radius 1 is 1.36 bits per heavy atom. The van der Waals surface area contributed by atoms with Crippen LogP contribution >= 0.6 is 0 Å². The van der Waals surface area contributed by atoms with E-state index in [4.69, 9.17) is 4.74 Å². The molecular formula is C19H25N3O3. The summed E-state index contributed by atoms with van der Waals surface area (Å²) in [7, 11) is 1.65. The molecule has 2 N–H and O–H groups in total. The predicted octanol–water partition coefficient (Wildman–Crippen LogP) is 2.17. The van der Waals surface area contributed by atoms with Crippen LogP contribution in [0, 0.1) is 5.92 Å². The summed E-state index contributed by atoms with van der Waals surface area (Å²) in [5, 5.41) is 3.97. The Bertz CT molecular complexity index is 707. The zero-order valence-corrected chi connectivity index (χ0v) is 14.6. The number of nitrogens with zero attached hydrogens (tertiary/aromatic N) is 1. The second-order valence-corrected chi connectivity index (χ2v) is 6.50. The first kappa shape index (κ1) is 17.5. The van der Waals surface area contributed by atoms with Crippen LogP contribution in [-0.2, 0) is 9.53 Å². The Morgan fingerprint density at radius 2 is 2.20 bits per heavy atom. The van der Waals surface area contributed by atoms with Crippen molar-refractivity contribution in [2.45, 2.75) is 19.3 Å². The smallest absolute Gasteiger partial charge is 0.270 e. The van der Waals surface area contributed by atoms with E-state index >= 15 is 0 Å². The Hall–Kier alpha value is -2.34. The molecule has 0 bridgehead atoms. The molecule has 1 fully saturated rings. The molecular weight excluding hydrogens is 318 g/mol. The van der Waals surface area contributed by atoms with Crippen LogP contribution in [0.2, 0.25) is 0 Å². The Balaban J connectivity index is 1.60. The molecule has 1 aromatic heterocycles. The number of methoxy groups -OCH3 is 1. The van der Waals surface area contributed by atoms with E-state index in [1.807, 2.05) is 30.3 Å². The highest BCUT2D eigenvalue weighted by molar-refractivity contribution is 5.98. The van der Waals surface area contributed by atoms with E-state index in [-0.39, 0.29) is 17.7 Å². The van der Waals surface area contributed by atoms with Crippen molar-refractivity contribution >= 4 is 22.7 Å². The molecule has 1 saturated heterocycles. The topological polar surface area (TPSA) is 74.4 Å². The van der Waals surface area contributed by atoms with Crippen molar-refractivity contribution in [2.75, 3.05) is 33.4 Å². The summed E-state index contributed by atoms with van der Waals surface area (Å²) >= 11 is 0. The van der Waals surface area contributed by atoms with E-state index in [0.717, 1.165) is 30.2 Å². The molecule has 2 aromatic rings. The number of hydrogen-bond donors (Lipinski definition) is 2. The number of benzene rings is 1. The van der Waals surface area contributed by atoms with Crippen molar-refractivity contribution in [3.8, 4) is 0 Å². The van der Waals surface area contributed by atoms with Gasteiger partial charge >= 0.3 is 0 Å². The summed E-state index contributed by atoms with van der Waals surface area (Å²) in [4.78, 5) is 30.1. The van der Waals surface area contributed by atoms with Crippen LogP contribution in [0.5, 0.6) is 0 Å². The fraction of sp³-hybridized carbons (Fsp3) is 0.474. The number of fused-ring (bicyclic) bond motifs is 1. The van der Waals surface area contributed by atoms with Gasteiger partial charge in [-0.15, -0.1) is 0 Å². The lowest BCUT2D eigenvalue weighted by Gasteiger charge is -2.31. The van der Waals surface area contributed by atoms with Crippen molar-refractivity contribution < 1.29 is 14.3 Å². The minimum atomic E-state index is -0.135. The molecule has 2 amide bonds. The average molecular weight is 343 g/mol. The molecule has 3 rings (SSSR count). The monoisotopic (exact) mass is 343 g/mol.